The number of ketones is 1. The van der Waals surface area contributed by atoms with E-state index in [2.05, 4.69) is 0 Å². The average molecular weight is 366 g/mol. The van der Waals surface area contributed by atoms with Crippen molar-refractivity contribution in [3.05, 3.63) is 53.6 Å². The summed E-state index contributed by atoms with van der Waals surface area (Å²) in [6.07, 6.45) is 3.05. The zero-order valence-electron chi connectivity index (χ0n) is 16.2. The number of nitrogens with zero attached hydrogens (tertiary/aromatic N) is 2. The molecule has 1 heterocycles. The molecule has 0 atom stereocenters. The van der Waals surface area contributed by atoms with Crippen molar-refractivity contribution in [2.75, 3.05) is 32.2 Å². The molecule has 0 unspecified atom stereocenters. The Morgan fingerprint density at radius 1 is 1.07 bits per heavy atom. The topological polar surface area (TPSA) is 51.1 Å². The Bertz CT molecular complexity index is 845. The molecule has 0 radical (unpaired) electrons. The van der Waals surface area contributed by atoms with E-state index in [1.54, 1.807) is 14.2 Å². The highest BCUT2D eigenvalue weighted by Crippen LogP contribution is 2.32. The van der Waals surface area contributed by atoms with Gasteiger partial charge in [-0.15, -0.1) is 0 Å². The number of anilines is 1. The predicted molar refractivity (Wildman–Crippen MR) is 109 cm³/mol. The van der Waals surface area contributed by atoms with E-state index in [1.807, 2.05) is 54.3 Å². The van der Waals surface area contributed by atoms with Crippen molar-refractivity contribution in [3.63, 3.8) is 0 Å². The fourth-order valence-electron chi connectivity index (χ4n) is 3.34. The molecule has 0 fully saturated rings. The van der Waals surface area contributed by atoms with Gasteiger partial charge >= 0.3 is 0 Å². The summed E-state index contributed by atoms with van der Waals surface area (Å²) in [4.78, 5) is 19.7. The number of ether oxygens (including phenoxy) is 2. The molecular formula is C22H26N2O3. The molecule has 142 valence electrons. The van der Waals surface area contributed by atoms with Crippen LogP contribution in [0.2, 0.25) is 0 Å². The zero-order chi connectivity index (χ0) is 19.2. The third-order valence-electron chi connectivity index (χ3n) is 4.84. The summed E-state index contributed by atoms with van der Waals surface area (Å²) in [6, 6.07) is 13.4. The molecule has 2 aromatic rings. The van der Waals surface area contributed by atoms with Gasteiger partial charge in [0.2, 0.25) is 0 Å². The van der Waals surface area contributed by atoms with Crippen molar-refractivity contribution in [3.8, 4) is 11.5 Å². The third kappa shape index (κ3) is 4.30. The molecular weight excluding hydrogens is 340 g/mol. The predicted octanol–water partition coefficient (Wildman–Crippen LogP) is 4.28. The summed E-state index contributed by atoms with van der Waals surface area (Å²) in [6.45, 7) is 3.02. The standard InChI is InChI=1S/C22H26N2O3/c1-16-8-4-5-9-18(16)19(25)15-24(22-10-6-7-13-23-22)17-11-12-20(26-2)21(14-17)27-3/h4-5,8-9,11-12,14H,6-7,10,13,15H2,1-3H3. The van der Waals surface area contributed by atoms with Crippen molar-refractivity contribution in [1.82, 2.24) is 0 Å². The minimum Gasteiger partial charge on any atom is -0.493 e. The lowest BCUT2D eigenvalue weighted by atomic mass is 10.0. The molecule has 0 amide bonds. The second-order valence-electron chi connectivity index (χ2n) is 6.62. The van der Waals surface area contributed by atoms with Gasteiger partial charge in [0.25, 0.3) is 0 Å². The molecule has 27 heavy (non-hydrogen) atoms. The first kappa shape index (κ1) is 19.0. The lowest BCUT2D eigenvalue weighted by Gasteiger charge is -2.28. The van der Waals surface area contributed by atoms with Crippen molar-refractivity contribution in [2.45, 2.75) is 26.2 Å². The van der Waals surface area contributed by atoms with Gasteiger partial charge in [0.1, 0.15) is 5.84 Å². The molecule has 1 aliphatic heterocycles. The van der Waals surface area contributed by atoms with E-state index in [9.17, 15) is 4.79 Å². The fraction of sp³-hybridized carbons (Fsp3) is 0.364. The van der Waals surface area contributed by atoms with Crippen molar-refractivity contribution in [2.24, 2.45) is 4.99 Å². The third-order valence-corrected chi connectivity index (χ3v) is 4.84. The first-order valence-electron chi connectivity index (χ1n) is 9.25. The van der Waals surface area contributed by atoms with Crippen LogP contribution in [0.4, 0.5) is 5.69 Å². The number of hydrogen-bond acceptors (Lipinski definition) is 5. The van der Waals surface area contributed by atoms with Gasteiger partial charge in [0.05, 0.1) is 20.8 Å². The van der Waals surface area contributed by atoms with Gasteiger partial charge in [-0.05, 0) is 37.5 Å². The Morgan fingerprint density at radius 3 is 2.52 bits per heavy atom. The highest BCUT2D eigenvalue weighted by atomic mass is 16.5. The van der Waals surface area contributed by atoms with Gasteiger partial charge in [-0.25, -0.2) is 0 Å². The van der Waals surface area contributed by atoms with Gasteiger partial charge in [-0.2, -0.15) is 0 Å². The molecule has 0 aromatic heterocycles. The quantitative estimate of drug-likeness (QED) is 0.716. The van der Waals surface area contributed by atoms with Crippen LogP contribution >= 0.6 is 0 Å². The molecule has 0 saturated heterocycles. The lowest BCUT2D eigenvalue weighted by Crippen LogP contribution is -2.37. The number of carbonyl (C=O) groups excluding carboxylic acids is 1. The summed E-state index contributed by atoms with van der Waals surface area (Å²) in [5, 5.41) is 0. The number of rotatable bonds is 6. The van der Waals surface area contributed by atoms with Crippen LogP contribution in [0.15, 0.2) is 47.5 Å². The van der Waals surface area contributed by atoms with Crippen LogP contribution < -0.4 is 14.4 Å². The van der Waals surface area contributed by atoms with Crippen LogP contribution in [0.3, 0.4) is 0 Å². The van der Waals surface area contributed by atoms with E-state index in [0.717, 1.165) is 48.5 Å². The van der Waals surface area contributed by atoms with Gasteiger partial charge in [0.15, 0.2) is 17.3 Å². The molecule has 0 saturated carbocycles. The number of hydrogen-bond donors (Lipinski definition) is 0. The van der Waals surface area contributed by atoms with E-state index < -0.39 is 0 Å². The van der Waals surface area contributed by atoms with Gasteiger partial charge in [-0.1, -0.05) is 24.3 Å². The van der Waals surface area contributed by atoms with Crippen LogP contribution in [0, 0.1) is 6.92 Å². The minimum atomic E-state index is 0.0798. The molecule has 3 rings (SSSR count). The van der Waals surface area contributed by atoms with E-state index in [-0.39, 0.29) is 12.3 Å². The average Bonchev–Trinajstić information content (AvgIpc) is 2.72. The second kappa shape index (κ2) is 8.71. The van der Waals surface area contributed by atoms with Crippen molar-refractivity contribution >= 4 is 17.3 Å². The summed E-state index contributed by atoms with van der Waals surface area (Å²) < 4.78 is 10.8. The van der Waals surface area contributed by atoms with E-state index in [4.69, 9.17) is 14.5 Å². The first-order valence-corrected chi connectivity index (χ1v) is 9.25. The van der Waals surface area contributed by atoms with E-state index >= 15 is 0 Å². The Balaban J connectivity index is 1.96. The largest absolute Gasteiger partial charge is 0.493 e. The maximum atomic E-state index is 13.0. The van der Waals surface area contributed by atoms with Crippen LogP contribution in [0.1, 0.15) is 35.2 Å². The van der Waals surface area contributed by atoms with Crippen LogP contribution in [0.5, 0.6) is 11.5 Å². The smallest absolute Gasteiger partial charge is 0.182 e. The molecule has 0 N–H and O–H groups in total. The summed E-state index contributed by atoms with van der Waals surface area (Å²) in [7, 11) is 3.23. The van der Waals surface area contributed by atoms with Crippen LogP contribution in [0.25, 0.3) is 0 Å². The number of aliphatic imine (C=N–C) groups is 1. The Labute approximate surface area is 160 Å². The molecule has 1 aliphatic rings. The lowest BCUT2D eigenvalue weighted by molar-refractivity contribution is 0.100. The summed E-state index contributed by atoms with van der Waals surface area (Å²) >= 11 is 0. The molecule has 0 aliphatic carbocycles. The number of amidine groups is 1. The summed E-state index contributed by atoms with van der Waals surface area (Å²) in [5.74, 6) is 2.34. The number of benzene rings is 2. The normalized spacial score (nSPS) is 13.7. The first-order chi connectivity index (χ1) is 13.1. The van der Waals surface area contributed by atoms with Gasteiger partial charge < -0.3 is 14.4 Å². The van der Waals surface area contributed by atoms with E-state index in [1.165, 1.54) is 0 Å². The van der Waals surface area contributed by atoms with Crippen LogP contribution in [-0.4, -0.2) is 38.9 Å². The monoisotopic (exact) mass is 366 g/mol. The van der Waals surface area contributed by atoms with Gasteiger partial charge in [-0.3, -0.25) is 9.79 Å². The highest BCUT2D eigenvalue weighted by molar-refractivity contribution is 6.08. The number of carbonyl (C=O) groups is 1. The molecule has 2 aromatic carbocycles. The Morgan fingerprint density at radius 2 is 1.85 bits per heavy atom. The maximum absolute atomic E-state index is 13.0. The summed E-state index contributed by atoms with van der Waals surface area (Å²) in [5.41, 5.74) is 2.62. The molecule has 5 heteroatoms. The molecule has 0 bridgehead atoms. The zero-order valence-corrected chi connectivity index (χ0v) is 16.2. The minimum absolute atomic E-state index is 0.0798. The van der Waals surface area contributed by atoms with Gasteiger partial charge in [0, 0.05) is 30.3 Å². The van der Waals surface area contributed by atoms with E-state index in [0.29, 0.717) is 11.5 Å². The molecule has 5 nitrogen and oxygen atoms in total. The fourth-order valence-corrected chi connectivity index (χ4v) is 3.34. The SMILES string of the molecule is COc1ccc(N(CC(=O)c2ccccc2C)C2=NCCCC2)cc1OC. The maximum Gasteiger partial charge on any atom is 0.182 e. The highest BCUT2D eigenvalue weighted by Gasteiger charge is 2.22. The van der Waals surface area contributed by atoms with Crippen molar-refractivity contribution in [1.29, 1.82) is 0 Å². The molecule has 0 spiro atoms. The Kier molecular flexibility index (Phi) is 6.12. The second-order valence-corrected chi connectivity index (χ2v) is 6.62. The number of aryl methyl sites for hydroxylation is 1. The Hall–Kier alpha value is -2.82. The number of methoxy groups -OCH3 is 2. The van der Waals surface area contributed by atoms with Crippen LogP contribution in [-0.2, 0) is 0 Å². The van der Waals surface area contributed by atoms with Crippen molar-refractivity contribution < 1.29 is 14.3 Å². The number of Topliss-reactive ketones (excluding diaryl/α,β-unsaturated/α-hetero) is 1.